The smallest absolute Gasteiger partial charge is 0.348 e. The van der Waals surface area contributed by atoms with Crippen LogP contribution < -0.4 is 10.6 Å². The highest BCUT2D eigenvalue weighted by molar-refractivity contribution is 5.95. The lowest BCUT2D eigenvalue weighted by molar-refractivity contribution is -0.161. The van der Waals surface area contributed by atoms with E-state index in [0.717, 1.165) is 0 Å². The maximum Gasteiger partial charge on any atom is 0.348 e. The average Bonchev–Trinajstić information content (AvgIpc) is 2.77. The van der Waals surface area contributed by atoms with Crippen molar-refractivity contribution in [3.8, 4) is 0 Å². The molecule has 0 aliphatic carbocycles. The fourth-order valence-electron chi connectivity index (χ4n) is 3.40. The lowest BCUT2D eigenvalue weighted by Crippen LogP contribution is -2.50. The number of benzene rings is 2. The van der Waals surface area contributed by atoms with Gasteiger partial charge in [-0.05, 0) is 25.0 Å². The molecular formula is C23H24N2O6. The van der Waals surface area contributed by atoms with Crippen molar-refractivity contribution in [2.45, 2.75) is 25.5 Å². The quantitative estimate of drug-likeness (QED) is 0.586. The lowest BCUT2D eigenvalue weighted by Gasteiger charge is -2.29. The van der Waals surface area contributed by atoms with Crippen LogP contribution in [0.2, 0.25) is 0 Å². The van der Waals surface area contributed by atoms with Crippen molar-refractivity contribution < 1.29 is 29.0 Å². The highest BCUT2D eigenvalue weighted by atomic mass is 16.6. The Morgan fingerprint density at radius 1 is 1.00 bits per heavy atom. The first-order valence-corrected chi connectivity index (χ1v) is 9.86. The topological polar surface area (TPSA) is 114 Å². The molecule has 8 nitrogen and oxygen atoms in total. The summed E-state index contributed by atoms with van der Waals surface area (Å²) >= 11 is 0. The van der Waals surface area contributed by atoms with Crippen LogP contribution in [0.4, 0.5) is 4.79 Å². The van der Waals surface area contributed by atoms with E-state index in [-0.39, 0.29) is 17.9 Å². The predicted molar refractivity (Wildman–Crippen MR) is 112 cm³/mol. The Hall–Kier alpha value is -3.65. The molecule has 0 saturated carbocycles. The van der Waals surface area contributed by atoms with Gasteiger partial charge >= 0.3 is 18.0 Å². The number of carbonyl (C=O) groups is 3. The van der Waals surface area contributed by atoms with E-state index >= 15 is 0 Å². The van der Waals surface area contributed by atoms with Gasteiger partial charge in [0.1, 0.15) is 6.61 Å². The Morgan fingerprint density at radius 3 is 2.06 bits per heavy atom. The molecule has 1 aliphatic rings. The zero-order valence-corrected chi connectivity index (χ0v) is 17.3. The number of urea groups is 1. The summed E-state index contributed by atoms with van der Waals surface area (Å²) in [5, 5.41) is 16.5. The normalized spacial score (nSPS) is 16.2. The standard InChI is InChI=1S/C23H24N2O6/c1-3-30-20(26)19-15(2)24-22(28)25-18(19)14-31-21(27)23(29,16-10-6-4-7-11-16)17-12-8-5-9-13-17/h4-13,15,29H,3,14H2,1-2H3,(H2,24,25,28). The van der Waals surface area contributed by atoms with Crippen LogP contribution >= 0.6 is 0 Å². The summed E-state index contributed by atoms with van der Waals surface area (Å²) in [4.78, 5) is 37.4. The van der Waals surface area contributed by atoms with Crippen LogP contribution in [-0.2, 0) is 24.7 Å². The molecule has 0 saturated heterocycles. The van der Waals surface area contributed by atoms with E-state index in [1.54, 1.807) is 74.5 Å². The van der Waals surface area contributed by atoms with Gasteiger partial charge in [-0.1, -0.05) is 60.7 Å². The van der Waals surface area contributed by atoms with Crippen molar-refractivity contribution in [3.63, 3.8) is 0 Å². The summed E-state index contributed by atoms with van der Waals surface area (Å²) in [5.74, 6) is -1.57. The number of amides is 2. The molecule has 1 atom stereocenters. The summed E-state index contributed by atoms with van der Waals surface area (Å²) < 4.78 is 10.5. The molecule has 2 amide bonds. The number of esters is 2. The van der Waals surface area contributed by atoms with Gasteiger partial charge in [0.05, 0.1) is 23.9 Å². The lowest BCUT2D eigenvalue weighted by atomic mass is 9.86. The molecule has 162 valence electrons. The molecule has 0 fully saturated rings. The Bertz CT molecular complexity index is 948. The van der Waals surface area contributed by atoms with Gasteiger partial charge < -0.3 is 25.2 Å². The molecule has 3 rings (SSSR count). The van der Waals surface area contributed by atoms with Crippen molar-refractivity contribution in [2.75, 3.05) is 13.2 Å². The number of rotatable bonds is 7. The zero-order chi connectivity index (χ0) is 22.4. The van der Waals surface area contributed by atoms with Gasteiger partial charge in [-0.2, -0.15) is 0 Å². The van der Waals surface area contributed by atoms with Gasteiger partial charge in [-0.3, -0.25) is 0 Å². The van der Waals surface area contributed by atoms with E-state index < -0.39 is 36.2 Å². The highest BCUT2D eigenvalue weighted by Crippen LogP contribution is 2.31. The number of nitrogens with one attached hydrogen (secondary N) is 2. The van der Waals surface area contributed by atoms with E-state index in [4.69, 9.17) is 9.47 Å². The number of carbonyl (C=O) groups excluding carboxylic acids is 3. The average molecular weight is 424 g/mol. The molecule has 3 N–H and O–H groups in total. The van der Waals surface area contributed by atoms with E-state index in [1.807, 2.05) is 0 Å². The monoisotopic (exact) mass is 424 g/mol. The molecule has 0 radical (unpaired) electrons. The fourth-order valence-corrected chi connectivity index (χ4v) is 3.40. The van der Waals surface area contributed by atoms with E-state index in [1.165, 1.54) is 0 Å². The largest absolute Gasteiger partial charge is 0.463 e. The molecular weight excluding hydrogens is 400 g/mol. The Kier molecular flexibility index (Phi) is 6.71. The minimum atomic E-state index is -2.07. The number of hydrogen-bond donors (Lipinski definition) is 3. The minimum Gasteiger partial charge on any atom is -0.463 e. The Labute approximate surface area is 179 Å². The molecule has 2 aromatic rings. The first-order valence-electron chi connectivity index (χ1n) is 9.86. The van der Waals surface area contributed by atoms with Crippen LogP contribution in [0, 0.1) is 0 Å². The molecule has 8 heteroatoms. The number of ether oxygens (including phenoxy) is 2. The maximum atomic E-state index is 13.1. The van der Waals surface area contributed by atoms with E-state index in [2.05, 4.69) is 10.6 Å². The molecule has 0 spiro atoms. The molecule has 1 heterocycles. The molecule has 1 unspecified atom stereocenters. The van der Waals surface area contributed by atoms with Crippen molar-refractivity contribution >= 4 is 18.0 Å². The van der Waals surface area contributed by atoms with Gasteiger partial charge in [0.2, 0.25) is 5.60 Å². The van der Waals surface area contributed by atoms with E-state index in [0.29, 0.717) is 11.1 Å². The third kappa shape index (κ3) is 4.59. The summed E-state index contributed by atoms with van der Waals surface area (Å²) in [6.45, 7) is 3.01. The third-order valence-corrected chi connectivity index (χ3v) is 4.89. The second-order valence-corrected chi connectivity index (χ2v) is 6.95. The third-order valence-electron chi connectivity index (χ3n) is 4.89. The summed E-state index contributed by atoms with van der Waals surface area (Å²) in [6, 6.07) is 15.6. The van der Waals surface area contributed by atoms with E-state index in [9.17, 15) is 19.5 Å². The molecule has 2 aromatic carbocycles. The summed E-state index contributed by atoms with van der Waals surface area (Å²) in [7, 11) is 0. The molecule has 0 aromatic heterocycles. The van der Waals surface area contributed by atoms with Crippen LogP contribution in [-0.4, -0.2) is 42.3 Å². The minimum absolute atomic E-state index is 0.103. The molecule has 1 aliphatic heterocycles. The van der Waals surface area contributed by atoms with Gasteiger partial charge in [0.25, 0.3) is 0 Å². The zero-order valence-electron chi connectivity index (χ0n) is 17.3. The van der Waals surface area contributed by atoms with Crippen molar-refractivity contribution in [3.05, 3.63) is 83.1 Å². The van der Waals surface area contributed by atoms with Crippen LogP contribution in [0.25, 0.3) is 0 Å². The summed E-state index contributed by atoms with van der Waals surface area (Å²) in [5.41, 5.74) is -1.17. The fraction of sp³-hybridized carbons (Fsp3) is 0.261. The maximum absolute atomic E-state index is 13.1. The Balaban J connectivity index is 1.92. The predicted octanol–water partition coefficient (Wildman–Crippen LogP) is 1.98. The van der Waals surface area contributed by atoms with Crippen LogP contribution in [0.3, 0.4) is 0 Å². The van der Waals surface area contributed by atoms with Crippen molar-refractivity contribution in [1.82, 2.24) is 10.6 Å². The second-order valence-electron chi connectivity index (χ2n) is 6.95. The van der Waals surface area contributed by atoms with Crippen molar-refractivity contribution in [2.24, 2.45) is 0 Å². The highest BCUT2D eigenvalue weighted by Gasteiger charge is 2.42. The molecule has 31 heavy (non-hydrogen) atoms. The first-order chi connectivity index (χ1) is 14.9. The SMILES string of the molecule is CCOC(=O)C1=C(COC(=O)C(O)(c2ccccc2)c2ccccc2)NC(=O)NC1C. The number of aliphatic hydroxyl groups is 1. The number of hydrogen-bond acceptors (Lipinski definition) is 6. The summed E-state index contributed by atoms with van der Waals surface area (Å²) in [6.07, 6.45) is 0. The first kappa shape index (κ1) is 22.0. The molecule has 0 bridgehead atoms. The van der Waals surface area contributed by atoms with Crippen molar-refractivity contribution in [1.29, 1.82) is 0 Å². The van der Waals surface area contributed by atoms with Crippen LogP contribution in [0.5, 0.6) is 0 Å². The van der Waals surface area contributed by atoms with Gasteiger partial charge in [0.15, 0.2) is 0 Å². The van der Waals surface area contributed by atoms with Crippen LogP contribution in [0.1, 0.15) is 25.0 Å². The van der Waals surface area contributed by atoms with Crippen LogP contribution in [0.15, 0.2) is 71.9 Å². The second kappa shape index (κ2) is 9.44. The van der Waals surface area contributed by atoms with Gasteiger partial charge in [-0.25, -0.2) is 14.4 Å². The van der Waals surface area contributed by atoms with Gasteiger partial charge in [0, 0.05) is 0 Å². The Morgan fingerprint density at radius 2 is 1.55 bits per heavy atom. The van der Waals surface area contributed by atoms with Gasteiger partial charge in [-0.15, -0.1) is 0 Å².